The molecule has 2 aromatic carbocycles. The summed E-state index contributed by atoms with van der Waals surface area (Å²) in [6, 6.07) is 13.0. The molecule has 0 fully saturated rings. The van der Waals surface area contributed by atoms with Gasteiger partial charge in [-0.1, -0.05) is 37.3 Å². The molecule has 0 spiro atoms. The Morgan fingerprint density at radius 2 is 1.92 bits per heavy atom. The number of fused-ring (bicyclic) bond motifs is 1. The molecular weight excluding hydrogens is 319 g/mol. The standard InChI is InChI=1S/C20H21FN2O2/c1-2-11-22-19(24)12-18(14-7-9-16(21)10-8-14)23-13-15-5-3-4-6-17(15)20(23)25/h3-10,18H,2,11-13H2,1H3,(H,22,24). The van der Waals surface area contributed by atoms with Gasteiger partial charge in [0.15, 0.2) is 0 Å². The third kappa shape index (κ3) is 3.71. The van der Waals surface area contributed by atoms with Gasteiger partial charge in [-0.25, -0.2) is 4.39 Å². The predicted octanol–water partition coefficient (Wildman–Crippen LogP) is 3.44. The molecule has 0 aliphatic carbocycles. The summed E-state index contributed by atoms with van der Waals surface area (Å²) in [5.41, 5.74) is 2.38. The van der Waals surface area contributed by atoms with Crippen LogP contribution in [0, 0.1) is 5.82 Å². The van der Waals surface area contributed by atoms with E-state index < -0.39 is 6.04 Å². The number of benzene rings is 2. The molecule has 0 saturated heterocycles. The molecule has 2 amide bonds. The topological polar surface area (TPSA) is 49.4 Å². The lowest BCUT2D eigenvalue weighted by atomic mass is 10.0. The molecule has 25 heavy (non-hydrogen) atoms. The van der Waals surface area contributed by atoms with E-state index in [1.165, 1.54) is 12.1 Å². The van der Waals surface area contributed by atoms with Gasteiger partial charge in [-0.2, -0.15) is 0 Å². The second kappa shape index (κ2) is 7.47. The number of nitrogens with zero attached hydrogens (tertiary/aromatic N) is 1. The van der Waals surface area contributed by atoms with Crippen LogP contribution in [-0.2, 0) is 11.3 Å². The quantitative estimate of drug-likeness (QED) is 0.876. The first-order chi connectivity index (χ1) is 12.1. The molecule has 0 aromatic heterocycles. The lowest BCUT2D eigenvalue weighted by Crippen LogP contribution is -2.34. The van der Waals surface area contributed by atoms with Crippen LogP contribution < -0.4 is 5.32 Å². The molecule has 4 nitrogen and oxygen atoms in total. The van der Waals surface area contributed by atoms with Gasteiger partial charge in [0, 0.05) is 18.7 Å². The summed E-state index contributed by atoms with van der Waals surface area (Å²) < 4.78 is 13.3. The van der Waals surface area contributed by atoms with Gasteiger partial charge in [0.1, 0.15) is 5.82 Å². The molecule has 1 aliphatic rings. The summed E-state index contributed by atoms with van der Waals surface area (Å²) in [7, 11) is 0. The maximum Gasteiger partial charge on any atom is 0.255 e. The zero-order valence-corrected chi connectivity index (χ0v) is 14.2. The molecule has 0 saturated carbocycles. The minimum absolute atomic E-state index is 0.0896. The zero-order chi connectivity index (χ0) is 17.8. The van der Waals surface area contributed by atoms with Crippen LogP contribution >= 0.6 is 0 Å². The highest BCUT2D eigenvalue weighted by atomic mass is 19.1. The molecule has 130 valence electrons. The number of carbonyl (C=O) groups is 2. The number of hydrogen-bond acceptors (Lipinski definition) is 2. The molecule has 0 bridgehead atoms. The van der Waals surface area contributed by atoms with Crippen molar-refractivity contribution in [1.82, 2.24) is 10.2 Å². The first-order valence-corrected chi connectivity index (χ1v) is 8.51. The van der Waals surface area contributed by atoms with Crippen molar-refractivity contribution in [2.24, 2.45) is 0 Å². The Morgan fingerprint density at radius 1 is 1.20 bits per heavy atom. The van der Waals surface area contributed by atoms with Crippen molar-refractivity contribution in [3.8, 4) is 0 Å². The smallest absolute Gasteiger partial charge is 0.255 e. The molecule has 1 N–H and O–H groups in total. The average molecular weight is 340 g/mol. The molecule has 1 unspecified atom stereocenters. The van der Waals surface area contributed by atoms with Gasteiger partial charge in [0.2, 0.25) is 5.91 Å². The minimum atomic E-state index is -0.419. The molecule has 3 rings (SSSR count). The van der Waals surface area contributed by atoms with Gasteiger partial charge in [-0.05, 0) is 35.7 Å². The van der Waals surface area contributed by atoms with E-state index in [9.17, 15) is 14.0 Å². The molecule has 5 heteroatoms. The first kappa shape index (κ1) is 17.1. The van der Waals surface area contributed by atoms with E-state index in [4.69, 9.17) is 0 Å². The second-order valence-electron chi connectivity index (χ2n) is 6.21. The molecule has 1 aliphatic heterocycles. The van der Waals surface area contributed by atoms with Crippen LogP contribution in [0.15, 0.2) is 48.5 Å². The Kier molecular flexibility index (Phi) is 5.12. The van der Waals surface area contributed by atoms with Crippen molar-refractivity contribution in [3.63, 3.8) is 0 Å². The monoisotopic (exact) mass is 340 g/mol. The van der Waals surface area contributed by atoms with E-state index in [1.807, 2.05) is 25.1 Å². The summed E-state index contributed by atoms with van der Waals surface area (Å²) in [5.74, 6) is -0.540. The van der Waals surface area contributed by atoms with Gasteiger partial charge in [-0.15, -0.1) is 0 Å². The number of halogens is 1. The maximum atomic E-state index is 13.3. The first-order valence-electron chi connectivity index (χ1n) is 8.51. The van der Waals surface area contributed by atoms with Crippen LogP contribution in [0.3, 0.4) is 0 Å². The van der Waals surface area contributed by atoms with E-state index in [1.54, 1.807) is 23.1 Å². The van der Waals surface area contributed by atoms with Gasteiger partial charge in [0.05, 0.1) is 12.5 Å². The Morgan fingerprint density at radius 3 is 2.60 bits per heavy atom. The minimum Gasteiger partial charge on any atom is -0.356 e. The highest BCUT2D eigenvalue weighted by Crippen LogP contribution is 2.33. The Labute approximate surface area is 146 Å². The highest BCUT2D eigenvalue weighted by Gasteiger charge is 2.34. The average Bonchev–Trinajstić information content (AvgIpc) is 2.96. The van der Waals surface area contributed by atoms with E-state index >= 15 is 0 Å². The normalized spacial score (nSPS) is 14.3. The van der Waals surface area contributed by atoms with E-state index in [0.717, 1.165) is 17.5 Å². The predicted molar refractivity (Wildman–Crippen MR) is 93.4 cm³/mol. The summed E-state index contributed by atoms with van der Waals surface area (Å²) in [4.78, 5) is 26.8. The zero-order valence-electron chi connectivity index (χ0n) is 14.2. The Bertz CT molecular complexity index is 774. The maximum absolute atomic E-state index is 13.3. The van der Waals surface area contributed by atoms with Crippen molar-refractivity contribution >= 4 is 11.8 Å². The number of amides is 2. The summed E-state index contributed by atoms with van der Waals surface area (Å²) >= 11 is 0. The van der Waals surface area contributed by atoms with Gasteiger partial charge >= 0.3 is 0 Å². The number of carbonyl (C=O) groups excluding carboxylic acids is 2. The fourth-order valence-electron chi connectivity index (χ4n) is 3.13. The lowest BCUT2D eigenvalue weighted by Gasteiger charge is -2.28. The second-order valence-corrected chi connectivity index (χ2v) is 6.21. The van der Waals surface area contributed by atoms with Crippen molar-refractivity contribution in [2.45, 2.75) is 32.4 Å². The van der Waals surface area contributed by atoms with Crippen LogP contribution in [0.25, 0.3) is 0 Å². The largest absolute Gasteiger partial charge is 0.356 e. The molecular formula is C20H21FN2O2. The fourth-order valence-corrected chi connectivity index (χ4v) is 3.13. The summed E-state index contributed by atoms with van der Waals surface area (Å²) in [6.07, 6.45) is 1.01. The highest BCUT2D eigenvalue weighted by molar-refractivity contribution is 5.98. The van der Waals surface area contributed by atoms with Crippen LogP contribution in [0.4, 0.5) is 4.39 Å². The Balaban J connectivity index is 1.88. The van der Waals surface area contributed by atoms with E-state index in [2.05, 4.69) is 5.32 Å². The van der Waals surface area contributed by atoms with Gasteiger partial charge in [-0.3, -0.25) is 9.59 Å². The number of rotatable bonds is 6. The van der Waals surface area contributed by atoms with Crippen LogP contribution in [0.1, 0.15) is 47.3 Å². The molecule has 0 radical (unpaired) electrons. The third-order valence-corrected chi connectivity index (χ3v) is 4.43. The molecule has 2 aromatic rings. The van der Waals surface area contributed by atoms with Crippen molar-refractivity contribution in [1.29, 1.82) is 0 Å². The number of hydrogen-bond donors (Lipinski definition) is 1. The van der Waals surface area contributed by atoms with Crippen molar-refractivity contribution in [2.75, 3.05) is 6.54 Å². The van der Waals surface area contributed by atoms with Crippen molar-refractivity contribution in [3.05, 3.63) is 71.0 Å². The fraction of sp³-hybridized carbons (Fsp3) is 0.300. The molecule has 1 heterocycles. The van der Waals surface area contributed by atoms with Crippen LogP contribution in [0.2, 0.25) is 0 Å². The van der Waals surface area contributed by atoms with Crippen LogP contribution in [-0.4, -0.2) is 23.3 Å². The lowest BCUT2D eigenvalue weighted by molar-refractivity contribution is -0.122. The van der Waals surface area contributed by atoms with Gasteiger partial charge < -0.3 is 10.2 Å². The van der Waals surface area contributed by atoms with E-state index in [-0.39, 0.29) is 24.1 Å². The summed E-state index contributed by atoms with van der Waals surface area (Å²) in [5, 5.41) is 2.85. The van der Waals surface area contributed by atoms with Crippen LogP contribution in [0.5, 0.6) is 0 Å². The molecule has 1 atom stereocenters. The third-order valence-electron chi connectivity index (χ3n) is 4.43. The number of nitrogens with one attached hydrogen (secondary N) is 1. The van der Waals surface area contributed by atoms with E-state index in [0.29, 0.717) is 18.7 Å². The van der Waals surface area contributed by atoms with Gasteiger partial charge in [0.25, 0.3) is 5.91 Å². The summed E-state index contributed by atoms with van der Waals surface area (Å²) in [6.45, 7) is 3.04. The SMILES string of the molecule is CCCNC(=O)CC(c1ccc(F)cc1)N1Cc2ccccc2C1=O. The Hall–Kier alpha value is -2.69. The van der Waals surface area contributed by atoms with Crippen molar-refractivity contribution < 1.29 is 14.0 Å².